The molecule has 16 heavy (non-hydrogen) atoms. The zero-order valence-corrected chi connectivity index (χ0v) is 8.83. The summed E-state index contributed by atoms with van der Waals surface area (Å²) in [5.74, 6) is -0.644. The summed E-state index contributed by atoms with van der Waals surface area (Å²) in [4.78, 5) is 15.9. The molecule has 0 aliphatic carbocycles. The summed E-state index contributed by atoms with van der Waals surface area (Å²) < 4.78 is 0. The van der Waals surface area contributed by atoms with Crippen LogP contribution in [-0.2, 0) is 0 Å². The number of hydrogen-bond acceptors (Lipinski definition) is 5. The first-order valence-electron chi connectivity index (χ1n) is 4.45. The van der Waals surface area contributed by atoms with Crippen molar-refractivity contribution in [1.29, 1.82) is 5.26 Å². The van der Waals surface area contributed by atoms with E-state index in [4.69, 9.17) is 16.9 Å². The average Bonchev–Trinajstić information content (AvgIpc) is 2.34. The lowest BCUT2D eigenvalue weighted by Gasteiger charge is -2.07. The molecule has 0 aromatic carbocycles. The third kappa shape index (κ3) is 1.97. The highest BCUT2D eigenvalue weighted by molar-refractivity contribution is 6.30. The van der Waals surface area contributed by atoms with E-state index in [0.29, 0.717) is 11.4 Å². The Hall–Kier alpha value is -2.06. The summed E-state index contributed by atoms with van der Waals surface area (Å²) in [7, 11) is 0. The Kier molecular flexibility index (Phi) is 3.03. The molecular weight excluding hydrogens is 226 g/mol. The monoisotopic (exact) mass is 231 g/mol. The largest absolute Gasteiger partial charge is 0.261 e. The number of halogens is 1. The lowest BCUT2D eigenvalue weighted by atomic mass is 10.0. The Balaban J connectivity index is 2.47. The van der Waals surface area contributed by atoms with Crippen LogP contribution in [0, 0.1) is 11.3 Å². The zero-order valence-electron chi connectivity index (χ0n) is 8.08. The number of aromatic nitrogens is 4. The fourth-order valence-electron chi connectivity index (χ4n) is 1.25. The Morgan fingerprint density at radius 1 is 1.12 bits per heavy atom. The molecule has 0 bridgehead atoms. The van der Waals surface area contributed by atoms with Gasteiger partial charge in [0.05, 0.1) is 18.0 Å². The van der Waals surface area contributed by atoms with Gasteiger partial charge in [-0.05, 0) is 0 Å². The molecule has 0 aliphatic heterocycles. The van der Waals surface area contributed by atoms with E-state index in [1.54, 1.807) is 0 Å². The lowest BCUT2D eigenvalue weighted by molar-refractivity contribution is 0.888. The third-order valence-corrected chi connectivity index (χ3v) is 2.25. The molecule has 0 amide bonds. The molecule has 6 heteroatoms. The van der Waals surface area contributed by atoms with Crippen molar-refractivity contribution in [3.05, 3.63) is 47.5 Å². The van der Waals surface area contributed by atoms with E-state index in [0.717, 1.165) is 0 Å². The second-order valence-corrected chi connectivity index (χ2v) is 3.28. The van der Waals surface area contributed by atoms with Crippen molar-refractivity contribution in [2.75, 3.05) is 0 Å². The van der Waals surface area contributed by atoms with Gasteiger partial charge in [0, 0.05) is 24.8 Å². The molecule has 2 aromatic rings. The summed E-state index contributed by atoms with van der Waals surface area (Å²) in [5.41, 5.74) is 0.902. The van der Waals surface area contributed by atoms with Crippen LogP contribution in [0.5, 0.6) is 0 Å². The van der Waals surface area contributed by atoms with Crippen molar-refractivity contribution >= 4 is 11.6 Å². The fourth-order valence-corrected chi connectivity index (χ4v) is 1.47. The predicted octanol–water partition coefficient (Wildman–Crippen LogP) is 1.58. The van der Waals surface area contributed by atoms with Gasteiger partial charge in [0.2, 0.25) is 0 Å². The van der Waals surface area contributed by atoms with Crippen molar-refractivity contribution in [2.45, 2.75) is 5.92 Å². The Morgan fingerprint density at radius 2 is 1.88 bits per heavy atom. The first-order valence-corrected chi connectivity index (χ1v) is 4.82. The Morgan fingerprint density at radius 3 is 2.50 bits per heavy atom. The van der Waals surface area contributed by atoms with Gasteiger partial charge in [0.25, 0.3) is 0 Å². The summed E-state index contributed by atoms with van der Waals surface area (Å²) in [5, 5.41) is 9.32. The van der Waals surface area contributed by atoms with E-state index >= 15 is 0 Å². The van der Waals surface area contributed by atoms with Crippen LogP contribution in [0.2, 0.25) is 5.15 Å². The molecule has 0 spiro atoms. The molecule has 0 radical (unpaired) electrons. The SMILES string of the molecule is N#CC(c1cnccn1)c1nccnc1Cl. The topological polar surface area (TPSA) is 75.3 Å². The van der Waals surface area contributed by atoms with E-state index in [9.17, 15) is 0 Å². The average molecular weight is 232 g/mol. The first kappa shape index (κ1) is 10.5. The molecule has 0 aliphatic rings. The van der Waals surface area contributed by atoms with E-state index in [1.807, 2.05) is 0 Å². The van der Waals surface area contributed by atoms with Crippen LogP contribution in [0.15, 0.2) is 31.0 Å². The number of nitrogens with zero attached hydrogens (tertiary/aromatic N) is 5. The minimum Gasteiger partial charge on any atom is -0.261 e. The van der Waals surface area contributed by atoms with Crippen molar-refractivity contribution in [2.24, 2.45) is 0 Å². The number of nitriles is 1. The van der Waals surface area contributed by atoms with Crippen LogP contribution >= 0.6 is 11.6 Å². The standard InChI is InChI=1S/C10H6ClN5/c11-10-9(15-3-4-16-10)7(5-12)8-6-13-1-2-14-8/h1-4,6-7H. The molecule has 2 rings (SSSR count). The predicted molar refractivity (Wildman–Crippen MR) is 56.5 cm³/mol. The van der Waals surface area contributed by atoms with Gasteiger partial charge in [0.1, 0.15) is 11.6 Å². The van der Waals surface area contributed by atoms with Crippen LogP contribution in [0.3, 0.4) is 0 Å². The van der Waals surface area contributed by atoms with Gasteiger partial charge in [-0.3, -0.25) is 15.0 Å². The van der Waals surface area contributed by atoms with Crippen molar-refractivity contribution < 1.29 is 0 Å². The first-order chi connectivity index (χ1) is 7.83. The summed E-state index contributed by atoms with van der Waals surface area (Å²) >= 11 is 5.87. The van der Waals surface area contributed by atoms with E-state index in [2.05, 4.69) is 26.0 Å². The molecule has 0 saturated heterocycles. The Labute approximate surface area is 96.8 Å². The molecule has 0 saturated carbocycles. The lowest BCUT2D eigenvalue weighted by Crippen LogP contribution is -2.05. The van der Waals surface area contributed by atoms with Crippen LogP contribution in [0.25, 0.3) is 0 Å². The maximum atomic E-state index is 9.11. The smallest absolute Gasteiger partial charge is 0.152 e. The van der Waals surface area contributed by atoms with Gasteiger partial charge in [-0.25, -0.2) is 4.98 Å². The van der Waals surface area contributed by atoms with Gasteiger partial charge >= 0.3 is 0 Å². The molecule has 1 atom stereocenters. The van der Waals surface area contributed by atoms with Crippen LogP contribution in [0.1, 0.15) is 17.3 Å². The molecule has 78 valence electrons. The highest BCUT2D eigenvalue weighted by Gasteiger charge is 2.19. The summed E-state index contributed by atoms with van der Waals surface area (Å²) in [6, 6.07) is 2.09. The molecule has 2 aromatic heterocycles. The van der Waals surface area contributed by atoms with E-state index in [1.165, 1.54) is 31.0 Å². The maximum Gasteiger partial charge on any atom is 0.152 e. The normalized spacial score (nSPS) is 11.8. The highest BCUT2D eigenvalue weighted by Crippen LogP contribution is 2.24. The third-order valence-electron chi connectivity index (χ3n) is 1.96. The minimum absolute atomic E-state index is 0.208. The fraction of sp³-hybridized carbons (Fsp3) is 0.100. The van der Waals surface area contributed by atoms with E-state index in [-0.39, 0.29) is 5.15 Å². The number of rotatable bonds is 2. The van der Waals surface area contributed by atoms with Gasteiger partial charge in [0.15, 0.2) is 5.15 Å². The molecule has 0 N–H and O–H groups in total. The minimum atomic E-state index is -0.644. The van der Waals surface area contributed by atoms with Gasteiger partial charge < -0.3 is 0 Å². The highest BCUT2D eigenvalue weighted by atomic mass is 35.5. The zero-order chi connectivity index (χ0) is 11.4. The quantitative estimate of drug-likeness (QED) is 0.784. The summed E-state index contributed by atoms with van der Waals surface area (Å²) in [6.45, 7) is 0. The van der Waals surface area contributed by atoms with Crippen LogP contribution in [-0.4, -0.2) is 19.9 Å². The number of hydrogen-bond donors (Lipinski definition) is 0. The van der Waals surface area contributed by atoms with Crippen molar-refractivity contribution in [3.8, 4) is 6.07 Å². The Bertz CT molecular complexity index is 522. The maximum absolute atomic E-state index is 9.11. The van der Waals surface area contributed by atoms with Crippen molar-refractivity contribution in [1.82, 2.24) is 19.9 Å². The molecule has 1 unspecified atom stereocenters. The second kappa shape index (κ2) is 4.64. The van der Waals surface area contributed by atoms with Crippen LogP contribution in [0.4, 0.5) is 0 Å². The van der Waals surface area contributed by atoms with Crippen molar-refractivity contribution in [3.63, 3.8) is 0 Å². The summed E-state index contributed by atoms with van der Waals surface area (Å²) in [6.07, 6.45) is 7.53. The van der Waals surface area contributed by atoms with Gasteiger partial charge in [-0.1, -0.05) is 11.6 Å². The molecule has 5 nitrogen and oxygen atoms in total. The van der Waals surface area contributed by atoms with Gasteiger partial charge in [-0.2, -0.15) is 5.26 Å². The van der Waals surface area contributed by atoms with E-state index < -0.39 is 5.92 Å². The van der Waals surface area contributed by atoms with Gasteiger partial charge in [-0.15, -0.1) is 0 Å². The molecule has 0 fully saturated rings. The molecular formula is C10H6ClN5. The van der Waals surface area contributed by atoms with Crippen LogP contribution < -0.4 is 0 Å². The molecule has 2 heterocycles. The second-order valence-electron chi connectivity index (χ2n) is 2.92.